The zero-order valence-electron chi connectivity index (χ0n) is 5.70. The second kappa shape index (κ2) is 5.92. The Labute approximate surface area is 72.9 Å². The van der Waals surface area contributed by atoms with Crippen LogP contribution in [0.25, 0.3) is 0 Å². The van der Waals surface area contributed by atoms with E-state index in [9.17, 15) is 4.39 Å². The standard InChI is InChI=1S/C5H4FN.CHO2.Zn/c6-5-2-1-3-7-4-5;2-1-3;/h1-4H;(H,2,3);. The van der Waals surface area contributed by atoms with Crippen LogP contribution in [-0.2, 0) is 18.3 Å². The van der Waals surface area contributed by atoms with Crippen LogP contribution in [0.2, 0.25) is 0 Å². The van der Waals surface area contributed by atoms with Crippen molar-refractivity contribution in [1.29, 1.82) is 0 Å². The first kappa shape index (κ1) is 10.2. The number of halogens is 1. The molecular formula is C6H5FNO2Zn. The molecular weight excluding hydrogens is 202 g/mol. The predicted octanol–water partition coefficient (Wildman–Crippen LogP) is 1.43. The zero-order chi connectivity index (χ0) is 8.69. The first-order chi connectivity index (χ1) is 5.13. The van der Waals surface area contributed by atoms with Gasteiger partial charge in [0, 0.05) is 6.20 Å². The molecule has 55 valence electrons. The van der Waals surface area contributed by atoms with Gasteiger partial charge in [-0.1, -0.05) is 0 Å². The first-order valence-electron chi connectivity index (χ1n) is 2.73. The molecule has 0 aliphatic heterocycles. The van der Waals surface area contributed by atoms with Gasteiger partial charge in [0.1, 0.15) is 5.82 Å². The molecule has 0 fully saturated rings. The Morgan fingerprint density at radius 2 is 2.27 bits per heavy atom. The summed E-state index contributed by atoms with van der Waals surface area (Å²) in [6, 6.07) is 2.91. The topological polar surface area (TPSA) is 50.2 Å². The molecule has 5 heteroatoms. The van der Waals surface area contributed by atoms with Crippen LogP contribution in [0.3, 0.4) is 0 Å². The van der Waals surface area contributed by atoms with E-state index in [0.717, 1.165) is 0 Å². The molecule has 0 saturated heterocycles. The monoisotopic (exact) mass is 206 g/mol. The molecule has 0 spiro atoms. The average molecular weight is 207 g/mol. The molecule has 1 N–H and O–H groups in total. The molecule has 1 rings (SSSR count). The summed E-state index contributed by atoms with van der Waals surface area (Å²) in [5, 5.41) is 7.47. The number of carboxylic acid groups (broad SMARTS) is 1. The van der Waals surface area contributed by atoms with Gasteiger partial charge in [0.2, 0.25) is 0 Å². The molecule has 0 aliphatic rings. The number of hydrogen-bond acceptors (Lipinski definition) is 2. The second-order valence-electron chi connectivity index (χ2n) is 1.56. The van der Waals surface area contributed by atoms with Crippen LogP contribution < -0.4 is 0 Å². The quantitative estimate of drug-likeness (QED) is 0.655. The fraction of sp³-hybridized carbons (Fsp3) is 0. The molecule has 1 aromatic rings. The number of rotatable bonds is 0. The van der Waals surface area contributed by atoms with Gasteiger partial charge in [-0.25, -0.2) is 4.39 Å². The van der Waals surface area contributed by atoms with Crippen molar-refractivity contribution in [1.82, 2.24) is 4.98 Å². The van der Waals surface area contributed by atoms with Crippen LogP contribution in [0.4, 0.5) is 9.18 Å². The third kappa shape index (κ3) is 9.17. The summed E-state index contributed by atoms with van der Waals surface area (Å²) in [6.45, 7) is 0. The second-order valence-corrected chi connectivity index (χ2v) is 2.83. The van der Waals surface area contributed by atoms with E-state index >= 15 is 0 Å². The predicted molar refractivity (Wildman–Crippen MR) is 32.2 cm³/mol. The van der Waals surface area contributed by atoms with Crippen molar-refractivity contribution in [2.45, 2.75) is 0 Å². The molecule has 0 aromatic carbocycles. The van der Waals surface area contributed by atoms with Gasteiger partial charge in [-0.3, -0.25) is 4.98 Å². The van der Waals surface area contributed by atoms with Gasteiger partial charge in [-0.2, -0.15) is 0 Å². The van der Waals surface area contributed by atoms with E-state index in [1.165, 1.54) is 18.5 Å². The SMILES string of the molecule is Fc1cccnc1.O=[C](O)[Zn]. The molecule has 0 radical (unpaired) electrons. The van der Waals surface area contributed by atoms with Crippen LogP contribution >= 0.6 is 0 Å². The maximum absolute atomic E-state index is 11.8. The third-order valence-corrected chi connectivity index (χ3v) is 0.625. The Balaban J connectivity index is 0.000000218. The van der Waals surface area contributed by atoms with Crippen molar-refractivity contribution in [2.75, 3.05) is 0 Å². The zero-order valence-corrected chi connectivity index (χ0v) is 8.66. The molecule has 0 unspecified atom stereocenters. The van der Waals surface area contributed by atoms with Crippen molar-refractivity contribution < 1.29 is 32.6 Å². The van der Waals surface area contributed by atoms with Crippen LogP contribution in [0.15, 0.2) is 24.5 Å². The van der Waals surface area contributed by atoms with E-state index in [-0.39, 0.29) is 5.82 Å². The summed E-state index contributed by atoms with van der Waals surface area (Å²) in [5.41, 5.74) is 0. The minimum atomic E-state index is -0.708. The molecule has 3 nitrogen and oxygen atoms in total. The Hall–Kier alpha value is -0.827. The summed E-state index contributed by atoms with van der Waals surface area (Å²) < 4.78 is 11.1. The molecule has 0 aliphatic carbocycles. The number of aromatic nitrogens is 1. The number of hydrogen-bond donors (Lipinski definition) is 1. The average Bonchev–Trinajstić information content (AvgIpc) is 1.87. The number of nitrogens with zero attached hydrogens (tertiary/aromatic N) is 1. The van der Waals surface area contributed by atoms with Gasteiger partial charge in [0.25, 0.3) is 0 Å². The molecule has 0 amide bonds. The van der Waals surface area contributed by atoms with Crippen LogP contribution in [0.1, 0.15) is 0 Å². The van der Waals surface area contributed by atoms with Gasteiger partial charge >= 0.3 is 32.8 Å². The summed E-state index contributed by atoms with van der Waals surface area (Å²) in [5.74, 6) is -0.289. The van der Waals surface area contributed by atoms with Crippen molar-refractivity contribution in [3.05, 3.63) is 30.3 Å². The third-order valence-electron chi connectivity index (χ3n) is 0.625. The molecule has 1 heterocycles. The molecule has 0 saturated carbocycles. The summed E-state index contributed by atoms with van der Waals surface area (Å²) in [7, 11) is 0. The Bertz CT molecular complexity index is 213. The van der Waals surface area contributed by atoms with Crippen molar-refractivity contribution in [3.8, 4) is 0 Å². The van der Waals surface area contributed by atoms with E-state index < -0.39 is 4.56 Å². The fourth-order valence-corrected chi connectivity index (χ4v) is 0.342. The normalized spacial score (nSPS) is 7.91. The van der Waals surface area contributed by atoms with E-state index in [1.54, 1.807) is 6.07 Å². The van der Waals surface area contributed by atoms with Crippen molar-refractivity contribution in [2.24, 2.45) is 0 Å². The Kier molecular flexibility index (Phi) is 5.48. The van der Waals surface area contributed by atoms with Gasteiger partial charge in [-0.15, -0.1) is 0 Å². The maximum atomic E-state index is 11.8. The molecule has 0 bridgehead atoms. The summed E-state index contributed by atoms with van der Waals surface area (Å²) in [6.07, 6.45) is 2.70. The van der Waals surface area contributed by atoms with Crippen LogP contribution in [0.5, 0.6) is 0 Å². The van der Waals surface area contributed by atoms with Crippen molar-refractivity contribution >= 4 is 4.56 Å². The van der Waals surface area contributed by atoms with Crippen molar-refractivity contribution in [3.63, 3.8) is 0 Å². The van der Waals surface area contributed by atoms with E-state index in [1.807, 2.05) is 0 Å². The minimum absolute atomic E-state index is 0.289. The van der Waals surface area contributed by atoms with Gasteiger partial charge in [0.05, 0.1) is 6.20 Å². The Morgan fingerprint density at radius 1 is 1.73 bits per heavy atom. The fourth-order valence-electron chi connectivity index (χ4n) is 0.342. The van der Waals surface area contributed by atoms with Gasteiger partial charge in [0.15, 0.2) is 0 Å². The summed E-state index contributed by atoms with van der Waals surface area (Å²) >= 11 is 0.347. The van der Waals surface area contributed by atoms with Crippen LogP contribution in [-0.4, -0.2) is 14.7 Å². The van der Waals surface area contributed by atoms with E-state index in [2.05, 4.69) is 4.98 Å². The molecule has 0 atom stereocenters. The van der Waals surface area contributed by atoms with Gasteiger partial charge < -0.3 is 0 Å². The number of pyridine rings is 1. The van der Waals surface area contributed by atoms with Crippen LogP contribution in [0, 0.1) is 5.82 Å². The Morgan fingerprint density at radius 3 is 2.45 bits per heavy atom. The van der Waals surface area contributed by atoms with Gasteiger partial charge in [-0.05, 0) is 12.1 Å². The molecule has 11 heavy (non-hydrogen) atoms. The van der Waals surface area contributed by atoms with E-state index in [0.29, 0.717) is 18.3 Å². The summed E-state index contributed by atoms with van der Waals surface area (Å²) in [4.78, 5) is 12.6. The number of carbonyl (C=O) groups is 1. The van der Waals surface area contributed by atoms with E-state index in [4.69, 9.17) is 9.90 Å². The first-order valence-corrected chi connectivity index (χ1v) is 4.21. The molecule has 1 aromatic heterocycles.